The fraction of sp³-hybridized carbons (Fsp3) is 0.611. The number of hydrogen-bond acceptors (Lipinski definition) is 8. The van der Waals surface area contributed by atoms with Crippen LogP contribution in [-0.2, 0) is 11.2 Å². The molecule has 4 rings (SSSR count). The lowest BCUT2D eigenvalue weighted by molar-refractivity contribution is 0.140. The second-order valence-electron chi connectivity index (χ2n) is 7.02. The van der Waals surface area contributed by atoms with Gasteiger partial charge in [-0.2, -0.15) is 4.98 Å². The molecule has 0 unspecified atom stereocenters. The molecule has 7 nitrogen and oxygen atoms in total. The molecule has 140 valence electrons. The Morgan fingerprint density at radius 3 is 2.81 bits per heavy atom. The van der Waals surface area contributed by atoms with Crippen LogP contribution in [0.5, 0.6) is 0 Å². The number of anilines is 2. The minimum atomic E-state index is -0.273. The predicted molar refractivity (Wildman–Crippen MR) is 102 cm³/mol. The van der Waals surface area contributed by atoms with Crippen LogP contribution in [0.15, 0.2) is 6.07 Å². The zero-order valence-electron chi connectivity index (χ0n) is 15.2. The fourth-order valence-corrected chi connectivity index (χ4v) is 4.16. The summed E-state index contributed by atoms with van der Waals surface area (Å²) in [6.07, 6.45) is 1.60. The molecule has 4 heterocycles. The van der Waals surface area contributed by atoms with Crippen molar-refractivity contribution in [1.82, 2.24) is 15.0 Å². The third-order valence-corrected chi connectivity index (χ3v) is 6.08. The van der Waals surface area contributed by atoms with Crippen LogP contribution in [0.2, 0.25) is 0 Å². The molecule has 2 aromatic rings. The molecule has 2 aliphatic heterocycles. The van der Waals surface area contributed by atoms with Gasteiger partial charge in [0, 0.05) is 49.5 Å². The van der Waals surface area contributed by atoms with Crippen LogP contribution >= 0.6 is 11.3 Å². The van der Waals surface area contributed by atoms with Crippen molar-refractivity contribution in [1.29, 1.82) is 0 Å². The second kappa shape index (κ2) is 7.46. The van der Waals surface area contributed by atoms with E-state index >= 15 is 0 Å². The van der Waals surface area contributed by atoms with Gasteiger partial charge in [-0.1, -0.05) is 0 Å². The van der Waals surface area contributed by atoms with Gasteiger partial charge in [-0.3, -0.25) is 0 Å². The summed E-state index contributed by atoms with van der Waals surface area (Å²) >= 11 is 1.76. The largest absolute Gasteiger partial charge is 0.389 e. The average Bonchev–Trinajstić information content (AvgIpc) is 3.22. The molecule has 0 bridgehead atoms. The van der Waals surface area contributed by atoms with Gasteiger partial charge in [-0.25, -0.2) is 9.97 Å². The van der Waals surface area contributed by atoms with Crippen LogP contribution < -0.4 is 10.2 Å². The average molecular weight is 375 g/mol. The van der Waals surface area contributed by atoms with E-state index in [1.807, 2.05) is 11.0 Å². The van der Waals surface area contributed by atoms with Crippen LogP contribution in [-0.4, -0.2) is 59.0 Å². The van der Waals surface area contributed by atoms with Crippen molar-refractivity contribution in [3.63, 3.8) is 0 Å². The smallest absolute Gasteiger partial charge is 0.227 e. The first-order valence-electron chi connectivity index (χ1n) is 9.15. The van der Waals surface area contributed by atoms with Gasteiger partial charge in [0.1, 0.15) is 5.82 Å². The maximum absolute atomic E-state index is 9.58. The number of hydrogen-bond donors (Lipinski definition) is 2. The summed E-state index contributed by atoms with van der Waals surface area (Å²) in [6, 6.07) is 2.04. The van der Waals surface area contributed by atoms with Crippen molar-refractivity contribution in [2.24, 2.45) is 0 Å². The summed E-state index contributed by atoms with van der Waals surface area (Å²) in [4.78, 5) is 17.3. The number of aliphatic hydroxyl groups excluding tert-OH is 1. The van der Waals surface area contributed by atoms with E-state index in [-0.39, 0.29) is 6.10 Å². The normalized spacial score (nSPS) is 20.4. The van der Waals surface area contributed by atoms with Crippen LogP contribution in [0.1, 0.15) is 33.6 Å². The van der Waals surface area contributed by atoms with E-state index < -0.39 is 0 Å². The Morgan fingerprint density at radius 2 is 2.15 bits per heavy atom. The molecular formula is C18H25N5O2S. The van der Waals surface area contributed by atoms with E-state index in [1.54, 1.807) is 11.3 Å². The standard InChI is InChI=1S/C18H25N5O2S/c1-11-12(2)26-17(20-11)3-5-19-16-7-15(13-4-6-25-10-13)21-18(22-16)23-8-14(24)9-23/h7,13-14,24H,3-6,8-10H2,1-2H3,(H,19,21,22)/t13-/m1/s1. The molecule has 2 aliphatic rings. The SMILES string of the molecule is Cc1nc(CCNc2cc([C@@H]3CCOC3)nc(N3CC(O)C3)n2)sc1C. The third kappa shape index (κ3) is 3.82. The first-order chi connectivity index (χ1) is 12.6. The maximum atomic E-state index is 9.58. The van der Waals surface area contributed by atoms with E-state index in [1.165, 1.54) is 4.88 Å². The molecule has 2 N–H and O–H groups in total. The number of nitrogens with one attached hydrogen (secondary N) is 1. The molecule has 0 spiro atoms. The quantitative estimate of drug-likeness (QED) is 0.798. The fourth-order valence-electron chi connectivity index (χ4n) is 3.22. The molecular weight excluding hydrogens is 350 g/mol. The molecule has 2 fully saturated rings. The van der Waals surface area contributed by atoms with Crippen molar-refractivity contribution in [2.45, 2.75) is 38.7 Å². The van der Waals surface area contributed by atoms with Crippen molar-refractivity contribution in [2.75, 3.05) is 43.1 Å². The first-order valence-corrected chi connectivity index (χ1v) is 9.96. The molecule has 2 aromatic heterocycles. The van der Waals surface area contributed by atoms with Gasteiger partial charge in [0.2, 0.25) is 5.95 Å². The highest BCUT2D eigenvalue weighted by atomic mass is 32.1. The van der Waals surface area contributed by atoms with Crippen molar-refractivity contribution >= 4 is 23.1 Å². The van der Waals surface area contributed by atoms with Gasteiger partial charge < -0.3 is 20.1 Å². The summed E-state index contributed by atoms with van der Waals surface area (Å²) in [5.41, 5.74) is 2.14. The lowest BCUT2D eigenvalue weighted by Crippen LogP contribution is -2.51. The molecule has 0 amide bonds. The van der Waals surface area contributed by atoms with Gasteiger partial charge in [0.15, 0.2) is 0 Å². The highest BCUT2D eigenvalue weighted by Gasteiger charge is 2.28. The van der Waals surface area contributed by atoms with E-state index in [4.69, 9.17) is 9.72 Å². The minimum Gasteiger partial charge on any atom is -0.389 e. The summed E-state index contributed by atoms with van der Waals surface area (Å²) in [5, 5.41) is 14.2. The van der Waals surface area contributed by atoms with E-state index in [9.17, 15) is 5.11 Å². The summed E-state index contributed by atoms with van der Waals surface area (Å²) < 4.78 is 5.52. The molecule has 1 atom stereocenters. The molecule has 0 aromatic carbocycles. The Hall–Kier alpha value is -1.77. The molecule has 26 heavy (non-hydrogen) atoms. The number of aryl methyl sites for hydroxylation is 2. The number of rotatable bonds is 6. The maximum Gasteiger partial charge on any atom is 0.227 e. The Labute approximate surface area is 157 Å². The van der Waals surface area contributed by atoms with Crippen LogP contribution in [0.4, 0.5) is 11.8 Å². The Bertz CT molecular complexity index is 749. The lowest BCUT2D eigenvalue weighted by atomic mass is 10.0. The van der Waals surface area contributed by atoms with Crippen LogP contribution in [0.3, 0.4) is 0 Å². The van der Waals surface area contributed by atoms with E-state index in [0.717, 1.165) is 54.8 Å². The summed E-state index contributed by atoms with van der Waals surface area (Å²) in [5.74, 6) is 1.86. The zero-order valence-corrected chi connectivity index (χ0v) is 16.1. The summed E-state index contributed by atoms with van der Waals surface area (Å²) in [6.45, 7) is 7.65. The Kier molecular flexibility index (Phi) is 5.06. The Morgan fingerprint density at radius 1 is 1.31 bits per heavy atom. The number of aliphatic hydroxyl groups is 1. The minimum absolute atomic E-state index is 0.273. The second-order valence-corrected chi connectivity index (χ2v) is 8.31. The van der Waals surface area contributed by atoms with E-state index in [2.05, 4.69) is 29.1 Å². The number of β-amino-alcohol motifs (C(OH)–C–C–N with tert-alkyl or cyclic N) is 1. The predicted octanol–water partition coefficient (Wildman–Crippen LogP) is 1.89. The van der Waals surface area contributed by atoms with Gasteiger partial charge in [-0.05, 0) is 20.3 Å². The number of thiazole rings is 1. The van der Waals surface area contributed by atoms with Gasteiger partial charge in [0.25, 0.3) is 0 Å². The van der Waals surface area contributed by atoms with Crippen LogP contribution in [0.25, 0.3) is 0 Å². The number of nitrogens with zero attached hydrogens (tertiary/aromatic N) is 4. The van der Waals surface area contributed by atoms with Gasteiger partial charge >= 0.3 is 0 Å². The summed E-state index contributed by atoms with van der Waals surface area (Å²) in [7, 11) is 0. The monoisotopic (exact) mass is 375 g/mol. The van der Waals surface area contributed by atoms with Gasteiger partial charge in [-0.15, -0.1) is 11.3 Å². The van der Waals surface area contributed by atoms with E-state index in [0.29, 0.717) is 25.0 Å². The zero-order chi connectivity index (χ0) is 18.1. The first kappa shape index (κ1) is 17.6. The molecule has 0 saturated carbocycles. The number of ether oxygens (including phenoxy) is 1. The molecule has 0 aliphatic carbocycles. The highest BCUT2D eigenvalue weighted by molar-refractivity contribution is 7.11. The van der Waals surface area contributed by atoms with Gasteiger partial charge in [0.05, 0.1) is 29.1 Å². The highest BCUT2D eigenvalue weighted by Crippen LogP contribution is 2.28. The van der Waals surface area contributed by atoms with Crippen molar-refractivity contribution in [3.05, 3.63) is 27.3 Å². The lowest BCUT2D eigenvalue weighted by Gasteiger charge is -2.36. The van der Waals surface area contributed by atoms with Crippen molar-refractivity contribution < 1.29 is 9.84 Å². The van der Waals surface area contributed by atoms with Crippen LogP contribution in [0, 0.1) is 13.8 Å². The Balaban J connectivity index is 1.46. The molecule has 0 radical (unpaired) electrons. The molecule has 8 heteroatoms. The molecule has 2 saturated heterocycles. The third-order valence-electron chi connectivity index (χ3n) is 4.95. The van der Waals surface area contributed by atoms with Crippen molar-refractivity contribution in [3.8, 4) is 0 Å². The topological polar surface area (TPSA) is 83.4 Å². The number of aromatic nitrogens is 3.